The van der Waals surface area contributed by atoms with E-state index in [2.05, 4.69) is 0 Å². The lowest BCUT2D eigenvalue weighted by Gasteiger charge is -1.88. The number of hydrazine groups is 2. The second kappa shape index (κ2) is 4.24. The lowest BCUT2D eigenvalue weighted by molar-refractivity contribution is -0.821. The van der Waals surface area contributed by atoms with Crippen LogP contribution in [0.1, 0.15) is 10.4 Å². The predicted molar refractivity (Wildman–Crippen MR) is 46.9 cm³/mol. The van der Waals surface area contributed by atoms with E-state index >= 15 is 0 Å². The summed E-state index contributed by atoms with van der Waals surface area (Å²) in [4.78, 5) is 31.7. The molecule has 0 fully saturated rings. The molecule has 8 heteroatoms. The van der Waals surface area contributed by atoms with E-state index in [9.17, 15) is 25.0 Å². The van der Waals surface area contributed by atoms with E-state index in [0.717, 1.165) is 0 Å². The number of hydrogen-bond donors (Lipinski definition) is 0. The third-order valence-electron chi connectivity index (χ3n) is 1.51. The number of hydrogen-bond acceptors (Lipinski definition) is 5. The van der Waals surface area contributed by atoms with Crippen LogP contribution in [0.2, 0.25) is 0 Å². The van der Waals surface area contributed by atoms with E-state index < -0.39 is 21.1 Å². The Kier molecular flexibility index (Phi) is 3.03. The number of rotatable bonds is 3. The van der Waals surface area contributed by atoms with Crippen LogP contribution >= 0.6 is 0 Å². The molecule has 0 unspecified atom stereocenters. The SMILES string of the molecule is O=C(c1ccccc1)[N+]([N+](=O)[O-])[N+](=O)[O-]. The summed E-state index contributed by atoms with van der Waals surface area (Å²) in [6, 6.07) is 6.99. The fraction of sp³-hybridized carbons (Fsp3) is 0. The maximum absolute atomic E-state index is 11.3. The molecule has 0 bridgehead atoms. The molecule has 0 N–H and O–H groups in total. The molecule has 1 rings (SSSR count). The highest BCUT2D eigenvalue weighted by atomic mass is 16.8. The smallest absolute Gasteiger partial charge is 0.204 e. The molecule has 1 radical (unpaired) electrons. The number of carbonyl (C=O) groups excluding carboxylic acids is 1. The Bertz CT molecular complexity index is 390. The van der Waals surface area contributed by atoms with Crippen LogP contribution in [0.3, 0.4) is 0 Å². The van der Waals surface area contributed by atoms with Gasteiger partial charge >= 0.3 is 21.1 Å². The Morgan fingerprint density at radius 3 is 1.87 bits per heavy atom. The van der Waals surface area contributed by atoms with Crippen LogP contribution in [-0.4, -0.2) is 16.0 Å². The van der Waals surface area contributed by atoms with Crippen molar-refractivity contribution < 1.29 is 14.9 Å². The maximum atomic E-state index is 11.3. The summed E-state index contributed by atoms with van der Waals surface area (Å²) in [6.45, 7) is 0. The maximum Gasteiger partial charge on any atom is 0.550 e. The molecule has 1 aromatic rings. The highest BCUT2D eigenvalue weighted by Crippen LogP contribution is 2.02. The number of nitro groups is 2. The molecule has 0 atom stereocenters. The summed E-state index contributed by atoms with van der Waals surface area (Å²) in [5, 5.41) is 17.0. The van der Waals surface area contributed by atoms with Crippen LogP contribution in [0.5, 0.6) is 0 Å². The first-order valence-corrected chi connectivity index (χ1v) is 3.72. The molecule has 0 aliphatic heterocycles. The van der Waals surface area contributed by atoms with Crippen molar-refractivity contribution in [3.05, 3.63) is 56.1 Å². The van der Waals surface area contributed by atoms with Crippen LogP contribution in [0.25, 0.3) is 0 Å². The predicted octanol–water partition coefficient (Wildman–Crippen LogP) is 0.350. The van der Waals surface area contributed by atoms with Crippen molar-refractivity contribution in [2.75, 3.05) is 0 Å². The second-order valence-corrected chi connectivity index (χ2v) is 2.44. The van der Waals surface area contributed by atoms with Crippen molar-refractivity contribution in [2.24, 2.45) is 0 Å². The zero-order valence-corrected chi connectivity index (χ0v) is 7.27. The van der Waals surface area contributed by atoms with Gasteiger partial charge in [-0.25, -0.2) is 4.79 Å². The van der Waals surface area contributed by atoms with Crippen molar-refractivity contribution in [3.8, 4) is 0 Å². The first-order chi connectivity index (χ1) is 7.04. The highest BCUT2D eigenvalue weighted by molar-refractivity contribution is 5.94. The zero-order chi connectivity index (χ0) is 11.4. The Morgan fingerprint density at radius 2 is 1.47 bits per heavy atom. The summed E-state index contributed by atoms with van der Waals surface area (Å²) in [5.74, 6) is -1.29. The van der Waals surface area contributed by atoms with Crippen molar-refractivity contribution in [3.63, 3.8) is 0 Å². The molecule has 8 nitrogen and oxygen atoms in total. The Morgan fingerprint density at radius 1 is 1.00 bits per heavy atom. The van der Waals surface area contributed by atoms with Gasteiger partial charge in [-0.2, -0.15) is 20.2 Å². The molecule has 0 aliphatic rings. The topological polar surface area (TPSA) is 109 Å². The molecular formula is C7H5N3O5+. The van der Waals surface area contributed by atoms with E-state index in [1.54, 1.807) is 6.07 Å². The van der Waals surface area contributed by atoms with Crippen LogP contribution < -0.4 is 5.12 Å². The summed E-state index contributed by atoms with van der Waals surface area (Å²) in [6.07, 6.45) is 0. The van der Waals surface area contributed by atoms with Gasteiger partial charge in [0.2, 0.25) is 0 Å². The van der Waals surface area contributed by atoms with Crippen LogP contribution in [0, 0.1) is 20.2 Å². The van der Waals surface area contributed by atoms with Gasteiger partial charge in [-0.15, -0.1) is 0 Å². The summed E-state index contributed by atoms with van der Waals surface area (Å²) in [7, 11) is 0. The van der Waals surface area contributed by atoms with Crippen molar-refractivity contribution >= 4 is 5.91 Å². The molecule has 15 heavy (non-hydrogen) atoms. The number of amides is 1. The minimum atomic E-state index is -1.38. The third kappa shape index (κ3) is 2.31. The van der Waals surface area contributed by atoms with Crippen LogP contribution in [-0.2, 0) is 0 Å². The monoisotopic (exact) mass is 211 g/mol. The average molecular weight is 211 g/mol. The Balaban J connectivity index is 3.02. The molecule has 0 saturated heterocycles. The van der Waals surface area contributed by atoms with Gasteiger partial charge in [-0.1, -0.05) is 18.2 Å². The highest BCUT2D eigenvalue weighted by Gasteiger charge is 2.56. The Labute approximate surface area is 83.0 Å². The first-order valence-electron chi connectivity index (χ1n) is 3.72. The molecule has 0 heterocycles. The lowest BCUT2D eigenvalue weighted by Crippen LogP contribution is -2.46. The number of benzene rings is 1. The van der Waals surface area contributed by atoms with Crippen molar-refractivity contribution in [2.45, 2.75) is 0 Å². The van der Waals surface area contributed by atoms with E-state index in [1.165, 1.54) is 24.3 Å². The third-order valence-corrected chi connectivity index (χ3v) is 1.51. The minimum Gasteiger partial charge on any atom is -0.204 e. The van der Waals surface area contributed by atoms with Gasteiger partial charge < -0.3 is 0 Å². The van der Waals surface area contributed by atoms with E-state index in [1.807, 2.05) is 0 Å². The Hall–Kier alpha value is -2.35. The van der Waals surface area contributed by atoms with Crippen LogP contribution in [0.15, 0.2) is 30.3 Å². The fourth-order valence-electron chi connectivity index (χ4n) is 0.904. The molecule has 1 amide bonds. The van der Waals surface area contributed by atoms with Gasteiger partial charge in [0.1, 0.15) is 5.56 Å². The molecule has 77 valence electrons. The van der Waals surface area contributed by atoms with Gasteiger partial charge in [0, 0.05) is 0 Å². The molecule has 0 aliphatic carbocycles. The van der Waals surface area contributed by atoms with E-state index in [4.69, 9.17) is 0 Å². The first kappa shape index (κ1) is 10.7. The van der Waals surface area contributed by atoms with Gasteiger partial charge in [-0.05, 0) is 12.1 Å². The minimum absolute atomic E-state index is 0.120. The standard InChI is InChI=1S/C7H5N3O5/c11-7(6-4-2-1-3-5-6)8(9(12)13)10(14)15/h1-5H/q+1. The van der Waals surface area contributed by atoms with E-state index in [0.29, 0.717) is 0 Å². The molecule has 0 spiro atoms. The molecule has 0 aromatic heterocycles. The largest absolute Gasteiger partial charge is 0.550 e. The van der Waals surface area contributed by atoms with Gasteiger partial charge in [0.25, 0.3) is 0 Å². The summed E-state index contributed by atoms with van der Waals surface area (Å²) < 4.78 is 0. The van der Waals surface area contributed by atoms with Gasteiger partial charge in [0.15, 0.2) is 0 Å². The second-order valence-electron chi connectivity index (χ2n) is 2.44. The molecule has 1 aromatic carbocycles. The number of carbonyl (C=O) groups is 1. The summed E-state index contributed by atoms with van der Waals surface area (Å²) in [5.41, 5.74) is -0.120. The van der Waals surface area contributed by atoms with E-state index in [-0.39, 0.29) is 5.56 Å². The molecule has 0 saturated carbocycles. The van der Waals surface area contributed by atoms with Crippen molar-refractivity contribution in [1.29, 1.82) is 0 Å². The quantitative estimate of drug-likeness (QED) is 0.407. The lowest BCUT2D eigenvalue weighted by atomic mass is 10.2. The van der Waals surface area contributed by atoms with Gasteiger partial charge in [0.05, 0.1) is 0 Å². The summed E-state index contributed by atoms with van der Waals surface area (Å²) >= 11 is 0. The molecular weight excluding hydrogens is 206 g/mol. The van der Waals surface area contributed by atoms with Crippen LogP contribution in [0.4, 0.5) is 0 Å². The van der Waals surface area contributed by atoms with Crippen molar-refractivity contribution in [1.82, 2.24) is 5.12 Å². The number of nitrogens with zero attached hydrogens (tertiary/aromatic N) is 3. The normalized spacial score (nSPS) is 9.93. The zero-order valence-electron chi connectivity index (χ0n) is 7.27. The van der Waals surface area contributed by atoms with Gasteiger partial charge in [-0.3, -0.25) is 0 Å². The average Bonchev–Trinajstić information content (AvgIpc) is 2.18. The fourth-order valence-corrected chi connectivity index (χ4v) is 0.904.